The number of nitrogens with one attached hydrogen (secondary N) is 3. The molecule has 0 saturated carbocycles. The standard InChI is InChI=1S/C24H35N12O10PS/c1-24(2)16(31-13-18(34-24)32-23(26)33-20(13)39)21(40)27-3-4-35(10-47(41,42)43)5-6-48(44,45)7-11-14(37)15(38)22(46-11)36-9-30-12-17(25)28-8-29-19(12)36/h8-9,11,14-15,22,37-38H,3-7,10H2,1-2H3,(H,27,40)(H2,25,28,29)(H2,41,42,43)(H4,26,32,33,34,39)/t11-,14?,15?,22-/m1/s1. The SMILES string of the molecule is CC1(C)Nc2nc(N)[nH]c(=O)c2N=C1C(=O)NCCN(CCS(=O)(=O)C[C@H]1O[C@@H](n2cnc3c(N)ncnc32)C(O)C1O)CP(=O)(O)O. The van der Waals surface area contributed by atoms with E-state index in [9.17, 15) is 42.6 Å². The number of aromatic amines is 1. The minimum Gasteiger partial charge on any atom is -0.387 e. The largest absolute Gasteiger partial charge is 0.387 e. The molecule has 0 radical (unpaired) electrons. The van der Waals surface area contributed by atoms with E-state index in [2.05, 4.69) is 40.5 Å². The number of amides is 1. The number of nitrogens with zero attached hydrogens (tertiary/aromatic N) is 7. The van der Waals surface area contributed by atoms with Gasteiger partial charge in [0.2, 0.25) is 5.95 Å². The highest BCUT2D eigenvalue weighted by atomic mass is 32.2. The van der Waals surface area contributed by atoms with Gasteiger partial charge < -0.3 is 46.8 Å². The third-order valence-corrected chi connectivity index (χ3v) is 10.0. The number of aliphatic hydroxyl groups is 2. The Kier molecular flexibility index (Phi) is 9.60. The maximum Gasteiger partial charge on any atom is 0.339 e. The van der Waals surface area contributed by atoms with Crippen LogP contribution in [-0.4, -0.2) is 136 Å². The van der Waals surface area contributed by atoms with E-state index >= 15 is 0 Å². The number of hydrogen-bond acceptors (Lipinski definition) is 17. The van der Waals surface area contributed by atoms with Crippen LogP contribution >= 0.6 is 7.60 Å². The molecule has 0 aliphatic carbocycles. The summed E-state index contributed by atoms with van der Waals surface area (Å²) in [6.45, 7) is 2.52. The molecular weight excluding hydrogens is 679 g/mol. The molecule has 24 heteroatoms. The highest BCUT2D eigenvalue weighted by molar-refractivity contribution is 7.91. The summed E-state index contributed by atoms with van der Waals surface area (Å²) in [7, 11) is -8.71. The van der Waals surface area contributed by atoms with Gasteiger partial charge in [-0.2, -0.15) is 4.98 Å². The number of fused-ring (bicyclic) bond motifs is 2. The Morgan fingerprint density at radius 3 is 2.62 bits per heavy atom. The second-order valence-electron chi connectivity index (χ2n) is 11.8. The van der Waals surface area contributed by atoms with Crippen molar-refractivity contribution >= 4 is 63.5 Å². The van der Waals surface area contributed by atoms with E-state index in [1.165, 1.54) is 17.2 Å². The van der Waals surface area contributed by atoms with Crippen molar-refractivity contribution in [1.29, 1.82) is 0 Å². The summed E-state index contributed by atoms with van der Waals surface area (Å²) in [6, 6.07) is 0. The van der Waals surface area contributed by atoms with E-state index in [0.717, 1.165) is 4.90 Å². The van der Waals surface area contributed by atoms with E-state index < -0.39 is 76.8 Å². The Morgan fingerprint density at radius 2 is 1.92 bits per heavy atom. The number of carbonyl (C=O) groups is 1. The minimum absolute atomic E-state index is 0.0693. The summed E-state index contributed by atoms with van der Waals surface area (Å²) in [5.74, 6) is -2.02. The van der Waals surface area contributed by atoms with Crippen molar-refractivity contribution in [2.45, 2.75) is 43.9 Å². The van der Waals surface area contributed by atoms with Crippen LogP contribution < -0.4 is 27.7 Å². The van der Waals surface area contributed by atoms with Crippen LogP contribution in [0.25, 0.3) is 11.2 Å². The lowest BCUT2D eigenvalue weighted by Crippen LogP contribution is -2.51. The molecule has 0 spiro atoms. The lowest BCUT2D eigenvalue weighted by molar-refractivity contribution is -0.115. The number of nitrogens with two attached hydrogens (primary N) is 2. The predicted molar refractivity (Wildman–Crippen MR) is 170 cm³/mol. The number of aromatic nitrogens is 6. The Morgan fingerprint density at radius 1 is 1.19 bits per heavy atom. The van der Waals surface area contributed by atoms with Gasteiger partial charge in [-0.25, -0.2) is 28.4 Å². The summed E-state index contributed by atoms with van der Waals surface area (Å²) in [4.78, 5) is 68.1. The Hall–Kier alpha value is -4.09. The number of H-pyrrole nitrogens is 1. The highest BCUT2D eigenvalue weighted by Crippen LogP contribution is 2.35. The average molecular weight is 715 g/mol. The van der Waals surface area contributed by atoms with Crippen LogP contribution in [0.15, 0.2) is 22.4 Å². The number of aliphatic imine (C=N–C) groups is 1. The first-order chi connectivity index (χ1) is 22.3. The van der Waals surface area contributed by atoms with E-state index in [-0.39, 0.29) is 59.8 Å². The van der Waals surface area contributed by atoms with Gasteiger partial charge in [-0.3, -0.25) is 28.6 Å². The topological polar surface area (TPSA) is 339 Å². The second kappa shape index (κ2) is 13.1. The molecule has 262 valence electrons. The molecule has 0 aromatic carbocycles. The molecule has 2 aliphatic heterocycles. The molecule has 0 bridgehead atoms. The van der Waals surface area contributed by atoms with Crippen LogP contribution in [-0.2, 0) is 23.9 Å². The molecule has 3 aromatic heterocycles. The number of sulfone groups is 1. The zero-order valence-corrected chi connectivity index (χ0v) is 27.3. The van der Waals surface area contributed by atoms with E-state index in [1.54, 1.807) is 13.8 Å². The summed E-state index contributed by atoms with van der Waals surface area (Å²) in [5.41, 5.74) is 9.79. The molecule has 1 fully saturated rings. The zero-order chi connectivity index (χ0) is 35.2. The van der Waals surface area contributed by atoms with Gasteiger partial charge in [-0.15, -0.1) is 0 Å². The summed E-state index contributed by atoms with van der Waals surface area (Å²) in [5, 5.41) is 26.8. The van der Waals surface area contributed by atoms with Crippen LogP contribution in [0.1, 0.15) is 20.1 Å². The van der Waals surface area contributed by atoms with Crippen molar-refractivity contribution in [3.05, 3.63) is 23.0 Å². The van der Waals surface area contributed by atoms with E-state index in [4.69, 9.17) is 16.2 Å². The number of hydrogen-bond donors (Lipinski definition) is 9. The molecular formula is C24H35N12O10PS. The maximum atomic E-state index is 13.1. The van der Waals surface area contributed by atoms with Gasteiger partial charge in [-0.1, -0.05) is 0 Å². The first kappa shape index (κ1) is 35.2. The fourth-order valence-electron chi connectivity index (χ4n) is 5.30. The minimum atomic E-state index is -4.66. The molecule has 48 heavy (non-hydrogen) atoms. The van der Waals surface area contributed by atoms with Gasteiger partial charge in [0, 0.05) is 19.6 Å². The number of aliphatic hydroxyl groups excluding tert-OH is 2. The van der Waals surface area contributed by atoms with Gasteiger partial charge in [0.25, 0.3) is 11.5 Å². The fourth-order valence-corrected chi connectivity index (χ4v) is 7.58. The number of rotatable bonds is 12. The van der Waals surface area contributed by atoms with Gasteiger partial charge in [0.05, 0.1) is 23.4 Å². The molecule has 1 amide bonds. The molecule has 1 saturated heterocycles. The number of imidazole rings is 1. The number of ether oxygens (including phenoxy) is 1. The van der Waals surface area contributed by atoms with Crippen molar-refractivity contribution < 1.29 is 42.5 Å². The van der Waals surface area contributed by atoms with Crippen molar-refractivity contribution in [1.82, 2.24) is 39.7 Å². The summed E-state index contributed by atoms with van der Waals surface area (Å²) < 4.78 is 45.0. The van der Waals surface area contributed by atoms with Crippen LogP contribution in [0.3, 0.4) is 0 Å². The third kappa shape index (κ3) is 7.63. The summed E-state index contributed by atoms with van der Waals surface area (Å²) in [6.07, 6.45) is -4.16. The molecule has 2 unspecified atom stereocenters. The molecule has 3 aromatic rings. The average Bonchev–Trinajstić information content (AvgIpc) is 3.51. The molecule has 5 heterocycles. The predicted octanol–water partition coefficient (Wildman–Crippen LogP) is -3.36. The quantitative estimate of drug-likeness (QED) is 0.0827. The van der Waals surface area contributed by atoms with Gasteiger partial charge in [0.15, 0.2) is 39.0 Å². The van der Waals surface area contributed by atoms with Crippen molar-refractivity contribution in [3.63, 3.8) is 0 Å². The number of carbonyl (C=O) groups excluding carboxylic acids is 1. The van der Waals surface area contributed by atoms with Gasteiger partial charge >= 0.3 is 7.60 Å². The lowest BCUT2D eigenvalue weighted by Gasteiger charge is -2.32. The Balaban J connectivity index is 1.21. The monoisotopic (exact) mass is 714 g/mol. The van der Waals surface area contributed by atoms with Crippen LogP contribution in [0.5, 0.6) is 0 Å². The normalized spacial score (nSPS) is 22.4. The van der Waals surface area contributed by atoms with Gasteiger partial charge in [0.1, 0.15) is 42.2 Å². The van der Waals surface area contributed by atoms with Crippen molar-refractivity contribution in [2.75, 3.05) is 54.2 Å². The first-order valence-electron chi connectivity index (χ1n) is 14.3. The van der Waals surface area contributed by atoms with Crippen molar-refractivity contribution in [2.24, 2.45) is 4.99 Å². The van der Waals surface area contributed by atoms with Gasteiger partial charge in [-0.05, 0) is 13.8 Å². The van der Waals surface area contributed by atoms with Crippen LogP contribution in [0, 0.1) is 0 Å². The van der Waals surface area contributed by atoms with Crippen LogP contribution in [0.2, 0.25) is 0 Å². The lowest BCUT2D eigenvalue weighted by atomic mass is 9.95. The number of anilines is 3. The maximum absolute atomic E-state index is 13.1. The Labute approximate surface area is 271 Å². The van der Waals surface area contributed by atoms with E-state index in [0.29, 0.717) is 0 Å². The van der Waals surface area contributed by atoms with E-state index in [1.807, 2.05) is 0 Å². The first-order valence-corrected chi connectivity index (χ1v) is 17.9. The molecule has 11 N–H and O–H groups in total. The second-order valence-corrected chi connectivity index (χ2v) is 15.6. The molecule has 4 atom stereocenters. The molecule has 5 rings (SSSR count). The number of nitrogen functional groups attached to an aromatic ring is 2. The summed E-state index contributed by atoms with van der Waals surface area (Å²) >= 11 is 0. The highest BCUT2D eigenvalue weighted by Gasteiger charge is 2.46. The fraction of sp³-hybridized carbons (Fsp3) is 0.542. The molecule has 2 aliphatic rings. The molecule has 22 nitrogen and oxygen atoms in total. The zero-order valence-electron chi connectivity index (χ0n) is 25.6. The smallest absolute Gasteiger partial charge is 0.339 e. The van der Waals surface area contributed by atoms with Crippen molar-refractivity contribution in [3.8, 4) is 0 Å². The van der Waals surface area contributed by atoms with Crippen LogP contribution in [0.4, 0.5) is 23.3 Å². The Bertz CT molecular complexity index is 1960. The third-order valence-electron chi connectivity index (χ3n) is 7.61.